The molecular weight excluding hydrogens is 528 g/mol. The van der Waals surface area contributed by atoms with Crippen LogP contribution in [0.2, 0.25) is 0 Å². The predicted octanol–water partition coefficient (Wildman–Crippen LogP) is 9.20. The topological polar surface area (TPSA) is 59.9 Å². The number of hydrogen-bond acceptors (Lipinski definition) is 5. The van der Waals surface area contributed by atoms with Gasteiger partial charge in [0.1, 0.15) is 0 Å². The molecule has 1 aliphatic rings. The van der Waals surface area contributed by atoms with Crippen molar-refractivity contribution in [2.24, 2.45) is 0 Å². The lowest BCUT2D eigenvalue weighted by atomic mass is 9.98. The molecule has 0 aliphatic carbocycles. The summed E-state index contributed by atoms with van der Waals surface area (Å²) in [5.41, 5.74) is 7.09. The highest BCUT2D eigenvalue weighted by molar-refractivity contribution is 5.97. The minimum absolute atomic E-state index is 0.213. The van der Waals surface area contributed by atoms with Gasteiger partial charge in [-0.05, 0) is 34.7 Å². The van der Waals surface area contributed by atoms with Crippen molar-refractivity contribution in [1.29, 1.82) is 0 Å². The van der Waals surface area contributed by atoms with Crippen molar-refractivity contribution in [1.82, 2.24) is 15.0 Å². The number of rotatable bonds is 5. The number of anilines is 1. The maximum Gasteiger partial charge on any atom is 0.196 e. The molecule has 5 heteroatoms. The van der Waals surface area contributed by atoms with Crippen LogP contribution in [0.4, 0.5) is 5.69 Å². The third kappa shape index (κ3) is 4.77. The van der Waals surface area contributed by atoms with Crippen molar-refractivity contribution in [2.45, 2.75) is 6.23 Å². The Kier molecular flexibility index (Phi) is 6.12. The monoisotopic (exact) mass is 554 g/mol. The van der Waals surface area contributed by atoms with Gasteiger partial charge >= 0.3 is 0 Å². The molecule has 1 unspecified atom stereocenters. The molecule has 0 radical (unpaired) electrons. The maximum atomic E-state index is 6.46. The third-order valence-electron chi connectivity index (χ3n) is 7.75. The van der Waals surface area contributed by atoms with E-state index in [1.165, 1.54) is 0 Å². The molecule has 6 aromatic carbocycles. The van der Waals surface area contributed by atoms with E-state index in [4.69, 9.17) is 19.7 Å². The number of aromatic nitrogens is 3. The molecule has 1 aliphatic heterocycles. The zero-order valence-corrected chi connectivity index (χ0v) is 23.2. The number of ether oxygens (including phenoxy) is 1. The normalized spacial score (nSPS) is 13.7. The van der Waals surface area contributed by atoms with Gasteiger partial charge in [-0.1, -0.05) is 127 Å². The first-order valence-electron chi connectivity index (χ1n) is 14.3. The van der Waals surface area contributed by atoms with Gasteiger partial charge in [-0.25, -0.2) is 15.0 Å². The number of hydrogen-bond donors (Lipinski definition) is 1. The molecule has 8 rings (SSSR count). The molecule has 2 heterocycles. The highest BCUT2D eigenvalue weighted by Crippen LogP contribution is 2.44. The largest absolute Gasteiger partial charge is 0.464 e. The average molecular weight is 555 g/mol. The van der Waals surface area contributed by atoms with E-state index in [0.29, 0.717) is 17.5 Å². The van der Waals surface area contributed by atoms with Gasteiger partial charge in [-0.15, -0.1) is 0 Å². The lowest BCUT2D eigenvalue weighted by Gasteiger charge is -2.12. The van der Waals surface area contributed by atoms with Crippen molar-refractivity contribution in [2.75, 3.05) is 5.32 Å². The summed E-state index contributed by atoms with van der Waals surface area (Å²) in [5.74, 6) is 2.80. The fourth-order valence-corrected chi connectivity index (χ4v) is 5.56. The summed E-state index contributed by atoms with van der Waals surface area (Å²) in [6.45, 7) is 0. The molecule has 0 fully saturated rings. The number of fused-ring (bicyclic) bond motifs is 3. The van der Waals surface area contributed by atoms with Crippen LogP contribution < -0.4 is 10.1 Å². The first-order valence-corrected chi connectivity index (χ1v) is 14.3. The van der Waals surface area contributed by atoms with Crippen LogP contribution in [0.1, 0.15) is 11.8 Å². The second kappa shape index (κ2) is 10.5. The van der Waals surface area contributed by atoms with Crippen LogP contribution >= 0.6 is 0 Å². The molecule has 0 spiro atoms. The summed E-state index contributed by atoms with van der Waals surface area (Å²) in [6, 6.07) is 49.5. The summed E-state index contributed by atoms with van der Waals surface area (Å²) in [7, 11) is 0. The van der Waals surface area contributed by atoms with Gasteiger partial charge in [-0.3, -0.25) is 0 Å². The summed E-state index contributed by atoms with van der Waals surface area (Å²) in [6.07, 6.45) is -0.213. The van der Waals surface area contributed by atoms with E-state index in [1.807, 2.05) is 78.9 Å². The summed E-state index contributed by atoms with van der Waals surface area (Å²) < 4.78 is 6.46. The fraction of sp³-hybridized carbons (Fsp3) is 0.0263. The zero-order valence-electron chi connectivity index (χ0n) is 23.2. The molecule has 0 saturated carbocycles. The van der Waals surface area contributed by atoms with Crippen LogP contribution in [0.5, 0.6) is 5.75 Å². The molecule has 0 amide bonds. The first kappa shape index (κ1) is 24.9. The summed E-state index contributed by atoms with van der Waals surface area (Å²) >= 11 is 0. The van der Waals surface area contributed by atoms with E-state index in [0.717, 1.165) is 55.6 Å². The minimum Gasteiger partial charge on any atom is -0.464 e. The Bertz CT molecular complexity index is 2020. The Labute approximate surface area is 249 Å². The summed E-state index contributed by atoms with van der Waals surface area (Å²) in [5, 5.41) is 5.73. The van der Waals surface area contributed by atoms with Gasteiger partial charge in [0.15, 0.2) is 29.5 Å². The average Bonchev–Trinajstić information content (AvgIpc) is 3.54. The van der Waals surface area contributed by atoms with Crippen LogP contribution in [0.15, 0.2) is 146 Å². The van der Waals surface area contributed by atoms with Crippen LogP contribution in [0.25, 0.3) is 56.1 Å². The quantitative estimate of drug-likeness (QED) is 0.230. The van der Waals surface area contributed by atoms with E-state index < -0.39 is 0 Å². The molecule has 43 heavy (non-hydrogen) atoms. The first-order chi connectivity index (χ1) is 21.3. The highest BCUT2D eigenvalue weighted by Gasteiger charge is 2.25. The number of nitrogens with one attached hydrogen (secondary N) is 1. The standard InChI is InChI=1S/C38H26N4O/c1-4-11-26(12-5-1)35-40-36(27-13-6-2-7-14-27)42-37(41-35)31-18-10-17-29(23-31)30-20-19-25-21-22-33-34(32(25)24-30)43-38(39-33)28-15-8-3-9-16-28/h1-24,38-39H. The van der Waals surface area contributed by atoms with E-state index >= 15 is 0 Å². The van der Waals surface area contributed by atoms with Gasteiger partial charge in [0.05, 0.1) is 5.69 Å². The SMILES string of the molecule is c1ccc(-c2nc(-c3ccccc3)nc(-c3cccc(-c4ccc5ccc6c(c5c4)OC(c4ccccc4)N6)c3)n2)cc1. The number of benzene rings is 6. The molecule has 5 nitrogen and oxygen atoms in total. The Balaban J connectivity index is 1.20. The Hall–Kier alpha value is -5.81. The van der Waals surface area contributed by atoms with E-state index in [9.17, 15) is 0 Å². The van der Waals surface area contributed by atoms with Crippen molar-refractivity contribution >= 4 is 16.5 Å². The minimum atomic E-state index is -0.213. The molecule has 0 bridgehead atoms. The second-order valence-electron chi connectivity index (χ2n) is 10.6. The predicted molar refractivity (Wildman–Crippen MR) is 173 cm³/mol. The lowest BCUT2D eigenvalue weighted by molar-refractivity contribution is 0.262. The Morgan fingerprint density at radius 1 is 0.465 bits per heavy atom. The molecule has 7 aromatic rings. The zero-order chi connectivity index (χ0) is 28.6. The Morgan fingerprint density at radius 3 is 1.67 bits per heavy atom. The lowest BCUT2D eigenvalue weighted by Crippen LogP contribution is -2.09. The van der Waals surface area contributed by atoms with E-state index in [1.54, 1.807) is 0 Å². The molecule has 0 saturated heterocycles. The van der Waals surface area contributed by atoms with Gasteiger partial charge < -0.3 is 10.1 Å². The molecule has 1 N–H and O–H groups in total. The molecular formula is C38H26N4O. The maximum absolute atomic E-state index is 6.46. The second-order valence-corrected chi connectivity index (χ2v) is 10.6. The van der Waals surface area contributed by atoms with Crippen LogP contribution in [-0.4, -0.2) is 15.0 Å². The van der Waals surface area contributed by atoms with E-state index in [-0.39, 0.29) is 6.23 Å². The van der Waals surface area contributed by atoms with Crippen LogP contribution in [-0.2, 0) is 0 Å². The third-order valence-corrected chi connectivity index (χ3v) is 7.75. The number of nitrogens with zero attached hydrogens (tertiary/aromatic N) is 3. The summed E-state index contributed by atoms with van der Waals surface area (Å²) in [4.78, 5) is 14.7. The van der Waals surface area contributed by atoms with Crippen LogP contribution in [0.3, 0.4) is 0 Å². The van der Waals surface area contributed by atoms with Gasteiger partial charge in [0.25, 0.3) is 0 Å². The van der Waals surface area contributed by atoms with Crippen molar-refractivity contribution in [3.05, 3.63) is 151 Å². The van der Waals surface area contributed by atoms with Gasteiger partial charge in [-0.2, -0.15) is 0 Å². The Morgan fingerprint density at radius 2 is 1.00 bits per heavy atom. The van der Waals surface area contributed by atoms with Crippen molar-refractivity contribution < 1.29 is 4.74 Å². The fourth-order valence-electron chi connectivity index (χ4n) is 5.56. The van der Waals surface area contributed by atoms with Gasteiger partial charge in [0.2, 0.25) is 0 Å². The van der Waals surface area contributed by atoms with Crippen molar-refractivity contribution in [3.8, 4) is 51.0 Å². The van der Waals surface area contributed by atoms with Crippen molar-refractivity contribution in [3.63, 3.8) is 0 Å². The highest BCUT2D eigenvalue weighted by atomic mass is 16.5. The van der Waals surface area contributed by atoms with Crippen LogP contribution in [0, 0.1) is 0 Å². The smallest absolute Gasteiger partial charge is 0.196 e. The van der Waals surface area contributed by atoms with E-state index in [2.05, 4.69) is 72.0 Å². The van der Waals surface area contributed by atoms with Gasteiger partial charge in [0, 0.05) is 27.6 Å². The molecule has 1 aromatic heterocycles. The molecule has 204 valence electrons. The molecule has 1 atom stereocenters.